The van der Waals surface area contributed by atoms with Crippen molar-refractivity contribution in [3.63, 3.8) is 0 Å². The lowest BCUT2D eigenvalue weighted by Gasteiger charge is -2.38. The molecule has 7 nitrogen and oxygen atoms in total. The van der Waals surface area contributed by atoms with Crippen molar-refractivity contribution in [3.05, 3.63) is 65.2 Å². The standard InChI is InChI=1S/C26H32ClN3O4S/c1-34-24-12-11-23(27)19-25(24)35(32,33)30-14-6-10-22(20-30)26(31)29-17-15-28(16-18-29)13-5-9-21-7-3-2-4-8-21/h2-5,7-9,11-12,19,22H,6,10,13-18,20H2,1H3/b9-5+/t22-/m0/s1. The van der Waals surface area contributed by atoms with Gasteiger partial charge in [-0.15, -0.1) is 0 Å². The van der Waals surface area contributed by atoms with Crippen LogP contribution in [0.5, 0.6) is 5.75 Å². The molecule has 35 heavy (non-hydrogen) atoms. The van der Waals surface area contributed by atoms with E-state index < -0.39 is 10.0 Å². The number of rotatable bonds is 7. The third-order valence-electron chi connectivity index (χ3n) is 6.63. The first-order chi connectivity index (χ1) is 16.9. The number of hydrogen-bond donors (Lipinski definition) is 0. The molecule has 2 heterocycles. The number of amides is 1. The SMILES string of the molecule is COc1ccc(Cl)cc1S(=O)(=O)N1CCC[C@H](C(=O)N2CCN(C/C=C/c3ccccc3)CC2)C1. The predicted molar refractivity (Wildman–Crippen MR) is 138 cm³/mol. The number of piperazine rings is 1. The van der Waals surface area contributed by atoms with Crippen LogP contribution in [0.3, 0.4) is 0 Å². The second kappa shape index (κ2) is 11.6. The molecule has 0 aromatic heterocycles. The number of carbonyl (C=O) groups excluding carboxylic acids is 1. The van der Waals surface area contributed by atoms with E-state index in [0.717, 1.165) is 19.6 Å². The minimum atomic E-state index is -3.83. The normalized spacial score (nSPS) is 20.3. The summed E-state index contributed by atoms with van der Waals surface area (Å²) in [6.07, 6.45) is 5.60. The number of ether oxygens (including phenoxy) is 1. The molecule has 0 N–H and O–H groups in total. The highest BCUT2D eigenvalue weighted by molar-refractivity contribution is 7.89. The number of nitrogens with zero attached hydrogens (tertiary/aromatic N) is 3. The summed E-state index contributed by atoms with van der Waals surface area (Å²) in [5.41, 5.74) is 1.17. The van der Waals surface area contributed by atoms with Crippen molar-refractivity contribution in [3.8, 4) is 5.75 Å². The van der Waals surface area contributed by atoms with Gasteiger partial charge in [-0.25, -0.2) is 8.42 Å². The molecule has 0 aliphatic carbocycles. The summed E-state index contributed by atoms with van der Waals surface area (Å²) < 4.78 is 33.4. The van der Waals surface area contributed by atoms with Crippen LogP contribution in [0.4, 0.5) is 0 Å². The van der Waals surface area contributed by atoms with Gasteiger partial charge in [-0.3, -0.25) is 9.69 Å². The number of piperidine rings is 1. The number of benzene rings is 2. The summed E-state index contributed by atoms with van der Waals surface area (Å²) in [6, 6.07) is 14.7. The molecule has 0 radical (unpaired) electrons. The predicted octanol–water partition coefficient (Wildman–Crippen LogP) is 3.61. The Hall–Kier alpha value is -2.39. The third kappa shape index (κ3) is 6.25. The number of carbonyl (C=O) groups is 1. The summed E-state index contributed by atoms with van der Waals surface area (Å²) in [7, 11) is -2.40. The summed E-state index contributed by atoms with van der Waals surface area (Å²) in [6.45, 7) is 4.32. The minimum Gasteiger partial charge on any atom is -0.495 e. The van der Waals surface area contributed by atoms with E-state index in [-0.39, 0.29) is 29.0 Å². The Morgan fingerprint density at radius 1 is 1.09 bits per heavy atom. The molecule has 2 aliphatic rings. The average Bonchev–Trinajstić information content (AvgIpc) is 2.89. The number of halogens is 1. The average molecular weight is 518 g/mol. The van der Waals surface area contributed by atoms with Gasteiger partial charge in [-0.2, -0.15) is 4.31 Å². The Morgan fingerprint density at radius 2 is 1.83 bits per heavy atom. The molecule has 0 bridgehead atoms. The molecule has 2 aromatic carbocycles. The molecular weight excluding hydrogens is 486 g/mol. The molecular formula is C26H32ClN3O4S. The molecule has 2 aromatic rings. The van der Waals surface area contributed by atoms with Crippen LogP contribution in [0.2, 0.25) is 5.02 Å². The molecule has 2 saturated heterocycles. The molecule has 2 aliphatic heterocycles. The van der Waals surface area contributed by atoms with Crippen LogP contribution < -0.4 is 4.74 Å². The van der Waals surface area contributed by atoms with Gasteiger partial charge in [0.1, 0.15) is 10.6 Å². The van der Waals surface area contributed by atoms with Gasteiger partial charge in [0.15, 0.2) is 0 Å². The van der Waals surface area contributed by atoms with Gasteiger partial charge in [-0.05, 0) is 36.6 Å². The zero-order valence-electron chi connectivity index (χ0n) is 20.0. The lowest BCUT2D eigenvalue weighted by Crippen LogP contribution is -2.53. The zero-order chi connectivity index (χ0) is 24.8. The van der Waals surface area contributed by atoms with E-state index in [2.05, 4.69) is 29.2 Å². The van der Waals surface area contributed by atoms with Crippen LogP contribution in [0, 0.1) is 5.92 Å². The van der Waals surface area contributed by atoms with E-state index >= 15 is 0 Å². The molecule has 4 rings (SSSR count). The van der Waals surface area contributed by atoms with Crippen LogP contribution >= 0.6 is 11.6 Å². The number of sulfonamides is 1. The van der Waals surface area contributed by atoms with E-state index in [0.29, 0.717) is 37.5 Å². The maximum atomic E-state index is 13.4. The van der Waals surface area contributed by atoms with Crippen molar-refractivity contribution in [2.45, 2.75) is 17.7 Å². The second-order valence-electron chi connectivity index (χ2n) is 8.94. The maximum absolute atomic E-state index is 13.4. The largest absolute Gasteiger partial charge is 0.495 e. The van der Waals surface area contributed by atoms with E-state index in [1.807, 2.05) is 23.1 Å². The first kappa shape index (κ1) is 25.7. The Bertz CT molecular complexity index is 1150. The Kier molecular flexibility index (Phi) is 8.49. The minimum absolute atomic E-state index is 0.0396. The molecule has 1 atom stereocenters. The Morgan fingerprint density at radius 3 is 2.54 bits per heavy atom. The molecule has 1 amide bonds. The van der Waals surface area contributed by atoms with Crippen LogP contribution in [-0.2, 0) is 14.8 Å². The van der Waals surface area contributed by atoms with Gasteiger partial charge < -0.3 is 9.64 Å². The van der Waals surface area contributed by atoms with Crippen molar-refractivity contribution in [2.75, 3.05) is 52.9 Å². The van der Waals surface area contributed by atoms with E-state index in [1.165, 1.54) is 23.0 Å². The number of hydrogen-bond acceptors (Lipinski definition) is 5. The summed E-state index contributed by atoms with van der Waals surface area (Å²) in [5, 5.41) is 0.325. The highest BCUT2D eigenvalue weighted by atomic mass is 35.5. The molecule has 188 valence electrons. The van der Waals surface area contributed by atoms with Gasteiger partial charge >= 0.3 is 0 Å². The first-order valence-corrected chi connectivity index (χ1v) is 13.8. The van der Waals surface area contributed by atoms with Gasteiger partial charge in [0, 0.05) is 50.8 Å². The van der Waals surface area contributed by atoms with Crippen molar-refractivity contribution in [2.24, 2.45) is 5.92 Å². The van der Waals surface area contributed by atoms with E-state index in [1.54, 1.807) is 12.1 Å². The molecule has 9 heteroatoms. The maximum Gasteiger partial charge on any atom is 0.246 e. The summed E-state index contributed by atoms with van der Waals surface area (Å²) >= 11 is 6.07. The van der Waals surface area contributed by atoms with Gasteiger partial charge in [0.25, 0.3) is 0 Å². The van der Waals surface area contributed by atoms with Crippen molar-refractivity contribution in [1.82, 2.24) is 14.1 Å². The van der Waals surface area contributed by atoms with Gasteiger partial charge in [0.05, 0.1) is 13.0 Å². The second-order valence-corrected chi connectivity index (χ2v) is 11.3. The molecule has 0 spiro atoms. The van der Waals surface area contributed by atoms with E-state index in [4.69, 9.17) is 16.3 Å². The smallest absolute Gasteiger partial charge is 0.246 e. The van der Waals surface area contributed by atoms with Crippen molar-refractivity contribution < 1.29 is 17.9 Å². The van der Waals surface area contributed by atoms with Crippen LogP contribution in [0.1, 0.15) is 18.4 Å². The quantitative estimate of drug-likeness (QED) is 0.561. The third-order valence-corrected chi connectivity index (χ3v) is 8.76. The Labute approximate surface area is 213 Å². The van der Waals surface area contributed by atoms with Crippen molar-refractivity contribution >= 4 is 33.6 Å². The van der Waals surface area contributed by atoms with Crippen molar-refractivity contribution in [1.29, 1.82) is 0 Å². The Balaban J connectivity index is 1.33. The van der Waals surface area contributed by atoms with Crippen LogP contribution in [0.25, 0.3) is 6.08 Å². The highest BCUT2D eigenvalue weighted by Crippen LogP contribution is 2.32. The molecule has 2 fully saturated rings. The topological polar surface area (TPSA) is 70.2 Å². The zero-order valence-corrected chi connectivity index (χ0v) is 21.5. The fourth-order valence-electron chi connectivity index (χ4n) is 4.66. The molecule has 0 unspecified atom stereocenters. The van der Waals surface area contributed by atoms with Crippen LogP contribution in [-0.4, -0.2) is 81.4 Å². The fourth-order valence-corrected chi connectivity index (χ4v) is 6.61. The highest BCUT2D eigenvalue weighted by Gasteiger charge is 2.37. The summed E-state index contributed by atoms with van der Waals surface area (Å²) in [4.78, 5) is 17.5. The van der Waals surface area contributed by atoms with Gasteiger partial charge in [0.2, 0.25) is 15.9 Å². The lowest BCUT2D eigenvalue weighted by molar-refractivity contribution is -0.138. The lowest BCUT2D eigenvalue weighted by atomic mass is 9.98. The number of methoxy groups -OCH3 is 1. The monoisotopic (exact) mass is 517 g/mol. The van der Waals surface area contributed by atoms with Gasteiger partial charge in [-0.1, -0.05) is 54.1 Å². The summed E-state index contributed by atoms with van der Waals surface area (Å²) in [5.74, 6) is -0.0454. The fraction of sp³-hybridized carbons (Fsp3) is 0.423. The van der Waals surface area contributed by atoms with Crippen LogP contribution in [0.15, 0.2) is 59.5 Å². The molecule has 0 saturated carbocycles. The first-order valence-electron chi connectivity index (χ1n) is 11.9. The van der Waals surface area contributed by atoms with E-state index in [9.17, 15) is 13.2 Å².